The van der Waals surface area contributed by atoms with Crippen LogP contribution in [-0.4, -0.2) is 14.8 Å². The second-order valence-electron chi connectivity index (χ2n) is 5.53. The van der Waals surface area contributed by atoms with Crippen molar-refractivity contribution in [1.29, 1.82) is 0 Å². The Hall–Kier alpha value is -1.86. The third-order valence-corrected chi connectivity index (χ3v) is 5.26. The molecular weight excluding hydrogens is 405 g/mol. The van der Waals surface area contributed by atoms with Gasteiger partial charge in [-0.05, 0) is 48.9 Å². The smallest absolute Gasteiger partial charge is 0.191 e. The van der Waals surface area contributed by atoms with E-state index in [2.05, 4.69) is 26.1 Å². The van der Waals surface area contributed by atoms with Gasteiger partial charge in [0.05, 0.1) is 0 Å². The van der Waals surface area contributed by atoms with E-state index in [-0.39, 0.29) is 11.9 Å². The molecule has 1 atom stereocenters. The summed E-state index contributed by atoms with van der Waals surface area (Å²) in [5, 5.41) is 9.29. The van der Waals surface area contributed by atoms with E-state index < -0.39 is 0 Å². The number of aromatic nitrogens is 3. The molecule has 0 N–H and O–H groups in total. The van der Waals surface area contributed by atoms with Gasteiger partial charge in [-0.3, -0.25) is 0 Å². The van der Waals surface area contributed by atoms with Crippen molar-refractivity contribution in [2.75, 3.05) is 0 Å². The normalized spacial score (nSPS) is 12.2. The summed E-state index contributed by atoms with van der Waals surface area (Å²) in [4.78, 5) is 0. The third-order valence-electron chi connectivity index (χ3n) is 3.64. The maximum absolute atomic E-state index is 13.0. The highest BCUT2D eigenvalue weighted by Crippen LogP contribution is 2.26. The maximum atomic E-state index is 13.0. The third kappa shape index (κ3) is 4.61. The molecule has 1 aromatic heterocycles. The number of rotatable bonds is 6. The minimum Gasteiger partial charge on any atom is -0.483 e. The first-order valence-electron chi connectivity index (χ1n) is 7.71. The van der Waals surface area contributed by atoms with Crippen LogP contribution in [-0.2, 0) is 12.8 Å². The highest BCUT2D eigenvalue weighted by molar-refractivity contribution is 9.10. The molecule has 1 heterocycles. The van der Waals surface area contributed by atoms with Crippen molar-refractivity contribution in [3.63, 3.8) is 0 Å². The van der Waals surface area contributed by atoms with Crippen LogP contribution >= 0.6 is 27.7 Å². The van der Waals surface area contributed by atoms with Crippen molar-refractivity contribution in [1.82, 2.24) is 14.8 Å². The molecule has 2 aromatic carbocycles. The molecule has 0 amide bonds. The lowest BCUT2D eigenvalue weighted by Gasteiger charge is -2.14. The highest BCUT2D eigenvalue weighted by Gasteiger charge is 2.17. The first-order chi connectivity index (χ1) is 12.0. The van der Waals surface area contributed by atoms with Crippen LogP contribution in [0.2, 0.25) is 0 Å². The van der Waals surface area contributed by atoms with E-state index in [0.717, 1.165) is 26.8 Å². The summed E-state index contributed by atoms with van der Waals surface area (Å²) in [6, 6.07) is 14.2. The average molecular weight is 422 g/mol. The Kier molecular flexibility index (Phi) is 5.75. The Balaban J connectivity index is 1.65. The van der Waals surface area contributed by atoms with Gasteiger partial charge >= 0.3 is 0 Å². The number of hydrogen-bond acceptors (Lipinski definition) is 4. The molecule has 25 heavy (non-hydrogen) atoms. The summed E-state index contributed by atoms with van der Waals surface area (Å²) in [6.07, 6.45) is -0.223. The van der Waals surface area contributed by atoms with Gasteiger partial charge < -0.3 is 9.30 Å². The van der Waals surface area contributed by atoms with Gasteiger partial charge in [0.1, 0.15) is 11.6 Å². The number of thioether (sulfide) groups is 1. The standard InChI is InChI=1S/C18H17BrFN3OS/c1-12(24-16-9-5-14(19)6-10-16)17-21-22-18(23(17)2)25-11-13-3-7-15(20)8-4-13/h3-10,12H,11H2,1-2H3. The molecule has 0 saturated heterocycles. The zero-order valence-corrected chi connectivity index (χ0v) is 16.2. The van der Waals surface area contributed by atoms with Crippen LogP contribution in [0.25, 0.3) is 0 Å². The molecule has 0 aliphatic heterocycles. The monoisotopic (exact) mass is 421 g/mol. The van der Waals surface area contributed by atoms with Crippen molar-refractivity contribution in [2.45, 2.75) is 23.9 Å². The molecule has 7 heteroatoms. The molecule has 0 bridgehead atoms. The van der Waals surface area contributed by atoms with Crippen molar-refractivity contribution >= 4 is 27.7 Å². The maximum Gasteiger partial charge on any atom is 0.191 e. The first kappa shape index (κ1) is 17.9. The first-order valence-corrected chi connectivity index (χ1v) is 9.49. The van der Waals surface area contributed by atoms with Crippen molar-refractivity contribution in [3.8, 4) is 5.75 Å². The lowest BCUT2D eigenvalue weighted by Crippen LogP contribution is -2.10. The fraction of sp³-hybridized carbons (Fsp3) is 0.222. The van der Waals surface area contributed by atoms with Gasteiger partial charge in [-0.25, -0.2) is 4.39 Å². The van der Waals surface area contributed by atoms with E-state index in [1.54, 1.807) is 23.9 Å². The Morgan fingerprint density at radius 1 is 1.12 bits per heavy atom. The van der Waals surface area contributed by atoms with Crippen LogP contribution < -0.4 is 4.74 Å². The molecule has 130 valence electrons. The predicted octanol–water partition coefficient (Wildman–Crippen LogP) is 5.15. The summed E-state index contributed by atoms with van der Waals surface area (Å²) < 4.78 is 21.8. The minimum absolute atomic E-state index is 0.223. The SMILES string of the molecule is CC(Oc1ccc(Br)cc1)c1nnc(SCc2ccc(F)cc2)n1C. The summed E-state index contributed by atoms with van der Waals surface area (Å²) in [5.41, 5.74) is 1.04. The fourth-order valence-corrected chi connectivity index (χ4v) is 3.44. The van der Waals surface area contributed by atoms with E-state index in [1.165, 1.54) is 12.1 Å². The predicted molar refractivity (Wildman–Crippen MR) is 100 cm³/mol. The van der Waals surface area contributed by atoms with Crippen LogP contribution in [0.3, 0.4) is 0 Å². The Morgan fingerprint density at radius 3 is 2.48 bits per heavy atom. The summed E-state index contributed by atoms with van der Waals surface area (Å²) in [5.74, 6) is 2.01. The summed E-state index contributed by atoms with van der Waals surface area (Å²) >= 11 is 4.96. The van der Waals surface area contributed by atoms with E-state index in [4.69, 9.17) is 4.74 Å². The van der Waals surface area contributed by atoms with E-state index >= 15 is 0 Å². The quantitative estimate of drug-likeness (QED) is 0.516. The van der Waals surface area contributed by atoms with Crippen LogP contribution in [0.5, 0.6) is 5.75 Å². The molecule has 0 spiro atoms. The highest BCUT2D eigenvalue weighted by atomic mass is 79.9. The van der Waals surface area contributed by atoms with Crippen molar-refractivity contribution in [3.05, 3.63) is 70.2 Å². The number of halogens is 2. The molecule has 4 nitrogen and oxygen atoms in total. The molecule has 3 aromatic rings. The summed E-state index contributed by atoms with van der Waals surface area (Å²) in [6.45, 7) is 1.94. The van der Waals surface area contributed by atoms with Gasteiger partial charge in [-0.2, -0.15) is 0 Å². The van der Waals surface area contributed by atoms with Crippen molar-refractivity contribution in [2.24, 2.45) is 7.05 Å². The molecule has 1 unspecified atom stereocenters. The largest absolute Gasteiger partial charge is 0.483 e. The van der Waals surface area contributed by atoms with E-state index in [0.29, 0.717) is 5.75 Å². The van der Waals surface area contributed by atoms with E-state index in [1.807, 2.05) is 42.8 Å². The van der Waals surface area contributed by atoms with Gasteiger partial charge in [-0.15, -0.1) is 10.2 Å². The van der Waals surface area contributed by atoms with Crippen LogP contribution in [0, 0.1) is 5.82 Å². The van der Waals surface area contributed by atoms with Gasteiger partial charge in [0.2, 0.25) is 0 Å². The van der Waals surface area contributed by atoms with Crippen LogP contribution in [0.1, 0.15) is 24.4 Å². The van der Waals surface area contributed by atoms with Gasteiger partial charge in [-0.1, -0.05) is 39.8 Å². The number of nitrogens with zero attached hydrogens (tertiary/aromatic N) is 3. The molecule has 3 rings (SSSR count). The molecular formula is C18H17BrFN3OS. The Labute approximate surface area is 158 Å². The Morgan fingerprint density at radius 2 is 1.80 bits per heavy atom. The zero-order valence-electron chi connectivity index (χ0n) is 13.8. The van der Waals surface area contributed by atoms with Gasteiger partial charge in [0.25, 0.3) is 0 Å². The Bertz CT molecular complexity index is 837. The van der Waals surface area contributed by atoms with Gasteiger partial charge in [0.15, 0.2) is 17.1 Å². The van der Waals surface area contributed by atoms with Crippen molar-refractivity contribution < 1.29 is 9.13 Å². The molecule has 0 fully saturated rings. The number of hydrogen-bond donors (Lipinski definition) is 0. The topological polar surface area (TPSA) is 39.9 Å². The lowest BCUT2D eigenvalue weighted by atomic mass is 10.2. The van der Waals surface area contributed by atoms with Gasteiger partial charge in [0, 0.05) is 17.3 Å². The minimum atomic E-state index is -0.228. The fourth-order valence-electron chi connectivity index (χ4n) is 2.30. The summed E-state index contributed by atoms with van der Waals surface area (Å²) in [7, 11) is 1.92. The van der Waals surface area contributed by atoms with Crippen LogP contribution in [0.15, 0.2) is 58.2 Å². The number of benzene rings is 2. The van der Waals surface area contributed by atoms with E-state index in [9.17, 15) is 4.39 Å². The number of ether oxygens (including phenoxy) is 1. The molecule has 0 aliphatic rings. The van der Waals surface area contributed by atoms with Crippen LogP contribution in [0.4, 0.5) is 4.39 Å². The zero-order chi connectivity index (χ0) is 17.8. The molecule has 0 radical (unpaired) electrons. The molecule has 0 saturated carbocycles. The lowest BCUT2D eigenvalue weighted by molar-refractivity contribution is 0.211. The second-order valence-corrected chi connectivity index (χ2v) is 7.39. The molecule has 0 aliphatic carbocycles. The second kappa shape index (κ2) is 8.01. The average Bonchev–Trinajstić information content (AvgIpc) is 2.97.